The highest BCUT2D eigenvalue weighted by Gasteiger charge is 2.30. The number of morpholine rings is 1. The Labute approximate surface area is 240 Å². The molecule has 1 aliphatic heterocycles. The third-order valence-corrected chi connectivity index (χ3v) is 8.74. The number of methoxy groups -OCH3 is 1. The van der Waals surface area contributed by atoms with Crippen LogP contribution in [0.2, 0.25) is 0 Å². The lowest BCUT2D eigenvalue weighted by Gasteiger charge is -2.31. The Morgan fingerprint density at radius 1 is 0.927 bits per heavy atom. The molecule has 41 heavy (non-hydrogen) atoms. The number of nitrogens with one attached hydrogen (secondary N) is 1. The van der Waals surface area contributed by atoms with Crippen LogP contribution in [0.5, 0.6) is 11.5 Å². The molecule has 0 unspecified atom stereocenters. The minimum atomic E-state index is -3.65. The number of hydrogen-bond acceptors (Lipinski definition) is 7. The van der Waals surface area contributed by atoms with Crippen molar-refractivity contribution < 1.29 is 32.2 Å². The van der Waals surface area contributed by atoms with Crippen LogP contribution in [0.4, 0.5) is 0 Å². The fourth-order valence-corrected chi connectivity index (χ4v) is 5.93. The molecule has 3 aromatic carbocycles. The van der Waals surface area contributed by atoms with E-state index in [1.807, 2.05) is 42.5 Å². The fourth-order valence-electron chi connectivity index (χ4n) is 4.52. The van der Waals surface area contributed by atoms with E-state index in [4.69, 9.17) is 14.2 Å². The number of amides is 2. The van der Waals surface area contributed by atoms with Gasteiger partial charge in [0.1, 0.15) is 17.5 Å². The second-order valence-corrected chi connectivity index (χ2v) is 11.4. The van der Waals surface area contributed by atoms with Gasteiger partial charge in [-0.15, -0.1) is 0 Å². The molecule has 2 amide bonds. The maximum atomic E-state index is 13.6. The predicted octanol–water partition coefficient (Wildman–Crippen LogP) is 2.48. The molecular weight excluding hydrogens is 546 g/mol. The lowest BCUT2D eigenvalue weighted by molar-refractivity contribution is -0.142. The topological polar surface area (TPSA) is 114 Å². The van der Waals surface area contributed by atoms with Gasteiger partial charge in [0.05, 0.1) is 25.2 Å². The van der Waals surface area contributed by atoms with Crippen molar-refractivity contribution >= 4 is 21.8 Å². The van der Waals surface area contributed by atoms with Gasteiger partial charge >= 0.3 is 0 Å². The SMILES string of the molecule is CNC(=O)[C@@H](Cc1ccccc1)N(Cc1ccc(OC)cc1)C(=O)COc1ccc(S(=O)(=O)N2CCOCC2)cc1. The van der Waals surface area contributed by atoms with Crippen molar-refractivity contribution in [1.29, 1.82) is 0 Å². The molecule has 1 fully saturated rings. The van der Waals surface area contributed by atoms with Crippen molar-refractivity contribution in [3.63, 3.8) is 0 Å². The number of ether oxygens (including phenoxy) is 3. The number of carbonyl (C=O) groups excluding carboxylic acids is 2. The zero-order chi connectivity index (χ0) is 29.2. The summed E-state index contributed by atoms with van der Waals surface area (Å²) >= 11 is 0. The highest BCUT2D eigenvalue weighted by atomic mass is 32.2. The van der Waals surface area contributed by atoms with Crippen LogP contribution in [0.1, 0.15) is 11.1 Å². The van der Waals surface area contributed by atoms with Crippen molar-refractivity contribution in [3.05, 3.63) is 90.0 Å². The highest BCUT2D eigenvalue weighted by molar-refractivity contribution is 7.89. The van der Waals surface area contributed by atoms with Gasteiger partial charge in [0, 0.05) is 33.1 Å². The standard InChI is InChI=1S/C30H35N3O7S/c1-31-30(35)28(20-23-6-4-3-5-7-23)33(21-24-8-10-25(38-2)11-9-24)29(34)22-40-26-12-14-27(15-13-26)41(36,37)32-16-18-39-19-17-32/h3-15,28H,16-22H2,1-2H3,(H,31,35)/t28-/m1/s1. The van der Waals surface area contributed by atoms with Gasteiger partial charge < -0.3 is 24.4 Å². The molecule has 0 spiro atoms. The van der Waals surface area contributed by atoms with E-state index in [1.165, 1.54) is 33.5 Å². The summed E-state index contributed by atoms with van der Waals surface area (Å²) in [5.74, 6) is 0.327. The Kier molecular flexibility index (Phi) is 10.3. The molecule has 11 heteroatoms. The summed E-state index contributed by atoms with van der Waals surface area (Å²) in [6.07, 6.45) is 0.316. The van der Waals surface area contributed by atoms with Crippen LogP contribution in [0.25, 0.3) is 0 Å². The highest BCUT2D eigenvalue weighted by Crippen LogP contribution is 2.22. The number of benzene rings is 3. The first-order chi connectivity index (χ1) is 19.8. The largest absolute Gasteiger partial charge is 0.497 e. The zero-order valence-electron chi connectivity index (χ0n) is 23.2. The molecule has 1 atom stereocenters. The average molecular weight is 582 g/mol. The van der Waals surface area contributed by atoms with Gasteiger partial charge in [0.25, 0.3) is 5.91 Å². The lowest BCUT2D eigenvalue weighted by Crippen LogP contribution is -2.51. The van der Waals surface area contributed by atoms with Gasteiger partial charge in [0.2, 0.25) is 15.9 Å². The number of carbonyl (C=O) groups is 2. The summed E-state index contributed by atoms with van der Waals surface area (Å²) < 4.78 is 43.5. The van der Waals surface area contributed by atoms with Crippen LogP contribution in [0, 0.1) is 0 Å². The maximum Gasteiger partial charge on any atom is 0.261 e. The third kappa shape index (κ3) is 7.84. The summed E-state index contributed by atoms with van der Waals surface area (Å²) in [4.78, 5) is 28.3. The number of sulfonamides is 1. The average Bonchev–Trinajstić information content (AvgIpc) is 3.02. The van der Waals surface area contributed by atoms with Gasteiger partial charge in [-0.3, -0.25) is 9.59 Å². The first-order valence-electron chi connectivity index (χ1n) is 13.3. The van der Waals surface area contributed by atoms with E-state index in [0.29, 0.717) is 44.2 Å². The number of nitrogens with zero attached hydrogens (tertiary/aromatic N) is 2. The van der Waals surface area contributed by atoms with Gasteiger partial charge in [-0.05, 0) is 47.5 Å². The van der Waals surface area contributed by atoms with Gasteiger partial charge in [-0.2, -0.15) is 4.31 Å². The number of likely N-dealkylation sites (N-methyl/N-ethyl adjacent to an activating group) is 1. The second-order valence-electron chi connectivity index (χ2n) is 9.47. The Morgan fingerprint density at radius 2 is 1.56 bits per heavy atom. The fraction of sp³-hybridized carbons (Fsp3) is 0.333. The zero-order valence-corrected chi connectivity index (χ0v) is 24.0. The van der Waals surface area contributed by atoms with Crippen molar-refractivity contribution in [3.8, 4) is 11.5 Å². The molecule has 4 rings (SSSR count). The van der Waals surface area contributed by atoms with Crippen LogP contribution in [0.3, 0.4) is 0 Å². The summed E-state index contributed by atoms with van der Waals surface area (Å²) in [7, 11) is -0.529. The molecule has 0 aromatic heterocycles. The van der Waals surface area contributed by atoms with E-state index in [2.05, 4.69) is 5.32 Å². The van der Waals surface area contributed by atoms with Crippen LogP contribution < -0.4 is 14.8 Å². The lowest BCUT2D eigenvalue weighted by atomic mass is 10.0. The monoisotopic (exact) mass is 581 g/mol. The molecular formula is C30H35N3O7S. The van der Waals surface area contributed by atoms with E-state index >= 15 is 0 Å². The van der Waals surface area contributed by atoms with E-state index in [9.17, 15) is 18.0 Å². The molecule has 1 aliphatic rings. The maximum absolute atomic E-state index is 13.6. The Morgan fingerprint density at radius 3 is 2.17 bits per heavy atom. The molecule has 1 heterocycles. The van der Waals surface area contributed by atoms with Crippen LogP contribution in [-0.2, 0) is 37.3 Å². The van der Waals surface area contributed by atoms with Gasteiger partial charge in [-0.1, -0.05) is 42.5 Å². The summed E-state index contributed by atoms with van der Waals surface area (Å²) in [6, 6.07) is 22.0. The van der Waals surface area contributed by atoms with Crippen LogP contribution in [-0.4, -0.2) is 82.5 Å². The van der Waals surface area contributed by atoms with Crippen molar-refractivity contribution in [2.24, 2.45) is 0 Å². The molecule has 0 bridgehead atoms. The van der Waals surface area contributed by atoms with Crippen LogP contribution in [0.15, 0.2) is 83.8 Å². The van der Waals surface area contributed by atoms with Crippen molar-refractivity contribution in [2.75, 3.05) is 47.1 Å². The summed E-state index contributed by atoms with van der Waals surface area (Å²) in [5.41, 5.74) is 1.73. The first kappa shape index (κ1) is 30.0. The van der Waals surface area contributed by atoms with Crippen molar-refractivity contribution in [2.45, 2.75) is 23.9 Å². The Hall–Kier alpha value is -3.93. The summed E-state index contributed by atoms with van der Waals surface area (Å²) in [5, 5.41) is 2.68. The molecule has 0 aliphatic carbocycles. The molecule has 1 saturated heterocycles. The smallest absolute Gasteiger partial charge is 0.261 e. The number of rotatable bonds is 12. The second kappa shape index (κ2) is 14.1. The van der Waals surface area contributed by atoms with E-state index in [0.717, 1.165) is 11.1 Å². The molecule has 0 radical (unpaired) electrons. The minimum absolute atomic E-state index is 0.141. The van der Waals surface area contributed by atoms with Gasteiger partial charge in [0.15, 0.2) is 6.61 Å². The number of hydrogen-bond donors (Lipinski definition) is 1. The Bertz CT molecular complexity index is 1390. The molecule has 218 valence electrons. The quantitative estimate of drug-likeness (QED) is 0.350. The molecule has 0 saturated carbocycles. The van der Waals surface area contributed by atoms with E-state index in [-0.39, 0.29) is 24.0 Å². The van der Waals surface area contributed by atoms with E-state index < -0.39 is 22.0 Å². The summed E-state index contributed by atoms with van der Waals surface area (Å²) in [6.45, 7) is 1.15. The normalized spacial score (nSPS) is 14.6. The molecule has 1 N–H and O–H groups in total. The third-order valence-electron chi connectivity index (χ3n) is 6.82. The Balaban J connectivity index is 1.51. The predicted molar refractivity (Wildman–Crippen MR) is 153 cm³/mol. The van der Waals surface area contributed by atoms with E-state index in [1.54, 1.807) is 26.3 Å². The first-order valence-corrected chi connectivity index (χ1v) is 14.7. The van der Waals surface area contributed by atoms with Gasteiger partial charge in [-0.25, -0.2) is 8.42 Å². The van der Waals surface area contributed by atoms with Crippen molar-refractivity contribution in [1.82, 2.24) is 14.5 Å². The molecule has 10 nitrogen and oxygen atoms in total. The molecule has 3 aromatic rings. The van der Waals surface area contributed by atoms with Crippen LogP contribution >= 0.6 is 0 Å². The minimum Gasteiger partial charge on any atom is -0.497 e.